The molecular formula is C36H44O18. The maximum Gasteiger partial charge on any atom is 0.337 e. The SMILES string of the molecule is COC(=O)[C@@H]1O[C@H](OC(C)=O)[C@H](OC(C)=O)[C@@H](OCc2ccccc2)[C@@H]1O.COC(=O)[C@@H]1O[C@H](OC(C)=O)[C@H](OC(C)=O)[C@@H](OCc2ccccc2)[C@@H]1O. The highest BCUT2D eigenvalue weighted by Crippen LogP contribution is 2.30. The minimum absolute atomic E-state index is 0.0566. The van der Waals surface area contributed by atoms with E-state index in [1.807, 2.05) is 36.4 Å². The Hall–Kier alpha value is -4.98. The molecule has 296 valence electrons. The third-order valence-corrected chi connectivity index (χ3v) is 7.64. The number of benzene rings is 2. The molecule has 2 aromatic carbocycles. The van der Waals surface area contributed by atoms with Gasteiger partial charge in [0.15, 0.2) is 24.4 Å². The number of aliphatic hydroxyl groups is 2. The van der Waals surface area contributed by atoms with Crippen LogP contribution in [0.5, 0.6) is 0 Å². The van der Waals surface area contributed by atoms with Crippen LogP contribution < -0.4 is 0 Å². The molecule has 18 nitrogen and oxygen atoms in total. The van der Waals surface area contributed by atoms with E-state index in [-0.39, 0.29) is 13.2 Å². The topological polar surface area (TPSA) is 235 Å². The van der Waals surface area contributed by atoms with E-state index >= 15 is 0 Å². The maximum atomic E-state index is 11.9. The Morgan fingerprint density at radius 1 is 0.519 bits per heavy atom. The predicted molar refractivity (Wildman–Crippen MR) is 178 cm³/mol. The lowest BCUT2D eigenvalue weighted by Crippen LogP contribution is -2.62. The van der Waals surface area contributed by atoms with Crippen LogP contribution in [0, 0.1) is 0 Å². The zero-order valence-electron chi connectivity index (χ0n) is 30.4. The van der Waals surface area contributed by atoms with Crippen LogP contribution >= 0.6 is 0 Å². The van der Waals surface area contributed by atoms with Crippen LogP contribution in [0.1, 0.15) is 38.8 Å². The molecule has 54 heavy (non-hydrogen) atoms. The fourth-order valence-corrected chi connectivity index (χ4v) is 5.34. The minimum atomic E-state index is -1.52. The highest BCUT2D eigenvalue weighted by atomic mass is 16.8. The molecular weight excluding hydrogens is 720 g/mol. The summed E-state index contributed by atoms with van der Waals surface area (Å²) in [6.07, 6.45) is -13.8. The Bertz CT molecular complexity index is 1440. The van der Waals surface area contributed by atoms with Crippen molar-refractivity contribution in [3.05, 3.63) is 71.8 Å². The van der Waals surface area contributed by atoms with E-state index in [0.29, 0.717) is 0 Å². The zero-order valence-corrected chi connectivity index (χ0v) is 30.4. The van der Waals surface area contributed by atoms with E-state index < -0.39 is 97.2 Å². The first-order valence-electron chi connectivity index (χ1n) is 16.5. The van der Waals surface area contributed by atoms with Crippen LogP contribution in [0.2, 0.25) is 0 Å². The van der Waals surface area contributed by atoms with Crippen molar-refractivity contribution in [3.8, 4) is 0 Å². The smallest absolute Gasteiger partial charge is 0.337 e. The molecule has 0 spiro atoms. The number of esters is 6. The minimum Gasteiger partial charge on any atom is -0.467 e. The van der Waals surface area contributed by atoms with Gasteiger partial charge in [-0.1, -0.05) is 60.7 Å². The normalized spacial score (nSPS) is 27.5. The molecule has 0 radical (unpaired) electrons. The van der Waals surface area contributed by atoms with E-state index in [0.717, 1.165) is 53.0 Å². The number of rotatable bonds is 12. The molecule has 18 heteroatoms. The van der Waals surface area contributed by atoms with Gasteiger partial charge in [-0.3, -0.25) is 19.2 Å². The zero-order chi connectivity index (χ0) is 39.9. The van der Waals surface area contributed by atoms with Crippen molar-refractivity contribution in [1.82, 2.24) is 0 Å². The highest BCUT2D eigenvalue weighted by Gasteiger charge is 2.54. The standard InChI is InChI=1S/2C18H22O9/c2*1-10(19)25-16-14(24-9-12-7-5-4-6-8-12)13(21)15(17(22)23-3)27-18(16)26-11(2)20/h2*4-8,13-16,18,21H,9H2,1-3H3/t2*13-,14-,15+,16+,18-/m00/s1. The van der Waals surface area contributed by atoms with Crippen molar-refractivity contribution in [2.24, 2.45) is 0 Å². The molecule has 0 aromatic heterocycles. The Balaban J connectivity index is 0.000000290. The van der Waals surface area contributed by atoms with Crippen molar-refractivity contribution in [3.63, 3.8) is 0 Å². The summed E-state index contributed by atoms with van der Waals surface area (Å²) in [4.78, 5) is 69.7. The first-order valence-corrected chi connectivity index (χ1v) is 16.5. The van der Waals surface area contributed by atoms with E-state index in [9.17, 15) is 39.0 Å². The summed E-state index contributed by atoms with van der Waals surface area (Å²) in [7, 11) is 2.24. The van der Waals surface area contributed by atoms with Crippen LogP contribution in [0.15, 0.2) is 60.7 Å². The van der Waals surface area contributed by atoms with E-state index in [4.69, 9.17) is 37.9 Å². The summed E-state index contributed by atoms with van der Waals surface area (Å²) in [5, 5.41) is 21.1. The van der Waals surface area contributed by atoms with Gasteiger partial charge in [-0.2, -0.15) is 0 Å². The molecule has 10 atom stereocenters. The summed E-state index contributed by atoms with van der Waals surface area (Å²) >= 11 is 0. The molecule has 4 rings (SSSR count). The van der Waals surface area contributed by atoms with Gasteiger partial charge in [0.1, 0.15) is 24.4 Å². The molecule has 2 saturated heterocycles. The van der Waals surface area contributed by atoms with Crippen LogP contribution in [0.25, 0.3) is 0 Å². The second-order valence-electron chi connectivity index (χ2n) is 11.8. The van der Waals surface area contributed by atoms with Gasteiger partial charge >= 0.3 is 35.8 Å². The Labute approximate surface area is 310 Å². The monoisotopic (exact) mass is 764 g/mol. The second-order valence-corrected chi connectivity index (χ2v) is 11.8. The molecule has 0 aliphatic carbocycles. The molecule has 0 saturated carbocycles. The van der Waals surface area contributed by atoms with Gasteiger partial charge in [0.05, 0.1) is 27.4 Å². The molecule has 0 bridgehead atoms. The Morgan fingerprint density at radius 2 is 0.833 bits per heavy atom. The summed E-state index contributed by atoms with van der Waals surface area (Å²) in [5.74, 6) is -4.60. The van der Waals surface area contributed by atoms with E-state index in [1.165, 1.54) is 0 Å². The van der Waals surface area contributed by atoms with Crippen molar-refractivity contribution in [2.45, 2.75) is 102 Å². The number of carbonyl (C=O) groups excluding carboxylic acids is 6. The number of hydrogen-bond acceptors (Lipinski definition) is 18. The van der Waals surface area contributed by atoms with Crippen molar-refractivity contribution >= 4 is 35.8 Å². The summed E-state index contributed by atoms with van der Waals surface area (Å²) in [5.41, 5.74) is 1.58. The lowest BCUT2D eigenvalue weighted by atomic mass is 9.98. The van der Waals surface area contributed by atoms with Crippen molar-refractivity contribution in [2.75, 3.05) is 14.2 Å². The number of aliphatic hydroxyl groups excluding tert-OH is 2. The third kappa shape index (κ3) is 12.6. The van der Waals surface area contributed by atoms with Crippen molar-refractivity contribution in [1.29, 1.82) is 0 Å². The van der Waals surface area contributed by atoms with Crippen LogP contribution in [0.3, 0.4) is 0 Å². The average Bonchev–Trinajstić information content (AvgIpc) is 3.13. The third-order valence-electron chi connectivity index (χ3n) is 7.64. The fraction of sp³-hybridized carbons (Fsp3) is 0.500. The van der Waals surface area contributed by atoms with Crippen LogP contribution in [-0.4, -0.2) is 122 Å². The number of methoxy groups -OCH3 is 2. The molecule has 2 aliphatic heterocycles. The van der Waals surface area contributed by atoms with Crippen LogP contribution in [0.4, 0.5) is 0 Å². The molecule has 2 aromatic rings. The molecule has 2 aliphatic rings. The number of carbonyl (C=O) groups is 6. The Morgan fingerprint density at radius 3 is 1.11 bits per heavy atom. The number of ether oxygens (including phenoxy) is 10. The van der Waals surface area contributed by atoms with Gasteiger partial charge < -0.3 is 57.6 Å². The quantitative estimate of drug-likeness (QED) is 0.223. The van der Waals surface area contributed by atoms with Crippen molar-refractivity contribution < 1.29 is 86.3 Å². The van der Waals surface area contributed by atoms with Gasteiger partial charge in [0, 0.05) is 27.7 Å². The lowest BCUT2D eigenvalue weighted by Gasteiger charge is -2.41. The Kier molecular flexibility index (Phi) is 16.9. The molecule has 0 amide bonds. The summed E-state index contributed by atoms with van der Waals surface area (Å²) in [6, 6.07) is 18.1. The highest BCUT2D eigenvalue weighted by molar-refractivity contribution is 5.76. The fourth-order valence-electron chi connectivity index (χ4n) is 5.34. The van der Waals surface area contributed by atoms with Gasteiger partial charge in [0.2, 0.25) is 12.6 Å². The largest absolute Gasteiger partial charge is 0.467 e. The molecule has 2 heterocycles. The lowest BCUT2D eigenvalue weighted by molar-refractivity contribution is -0.297. The summed E-state index contributed by atoms with van der Waals surface area (Å²) < 4.78 is 51.7. The van der Waals surface area contributed by atoms with Gasteiger partial charge in [-0.25, -0.2) is 9.59 Å². The maximum absolute atomic E-state index is 11.9. The van der Waals surface area contributed by atoms with E-state index in [1.54, 1.807) is 24.3 Å². The molecule has 2 N–H and O–H groups in total. The van der Waals surface area contributed by atoms with Gasteiger partial charge in [-0.15, -0.1) is 0 Å². The van der Waals surface area contributed by atoms with Crippen LogP contribution in [-0.2, 0) is 89.3 Å². The molecule has 0 unspecified atom stereocenters. The second kappa shape index (κ2) is 21.0. The summed E-state index contributed by atoms with van der Waals surface area (Å²) in [6.45, 7) is 4.68. The number of hydrogen-bond donors (Lipinski definition) is 2. The average molecular weight is 765 g/mol. The first-order chi connectivity index (χ1) is 25.7. The molecule has 2 fully saturated rings. The van der Waals surface area contributed by atoms with Gasteiger partial charge in [-0.05, 0) is 11.1 Å². The van der Waals surface area contributed by atoms with E-state index in [2.05, 4.69) is 9.47 Å². The predicted octanol–water partition coefficient (Wildman–Crippen LogP) is 0.651. The first kappa shape index (κ1) is 43.4. The van der Waals surface area contributed by atoms with Gasteiger partial charge in [0.25, 0.3) is 0 Å².